The van der Waals surface area contributed by atoms with Crippen LogP contribution in [0.25, 0.3) is 0 Å². The molecule has 3 rings (SSSR count). The Morgan fingerprint density at radius 1 is 1.33 bits per heavy atom. The molecule has 0 radical (unpaired) electrons. The SMILES string of the molecule is CN1C2CCCC1CC(NC(=O)c1ccc(N)cc1F)C2. The summed E-state index contributed by atoms with van der Waals surface area (Å²) in [6, 6.07) is 5.43. The van der Waals surface area contributed by atoms with E-state index in [1.807, 2.05) is 0 Å². The van der Waals surface area contributed by atoms with Crippen LogP contribution in [0.4, 0.5) is 10.1 Å². The highest BCUT2D eigenvalue weighted by molar-refractivity contribution is 5.95. The average molecular weight is 291 g/mol. The third-order valence-electron chi connectivity index (χ3n) is 4.91. The van der Waals surface area contributed by atoms with Crippen molar-refractivity contribution in [1.82, 2.24) is 10.2 Å². The summed E-state index contributed by atoms with van der Waals surface area (Å²) in [5, 5.41) is 3.00. The number of hydrogen-bond donors (Lipinski definition) is 2. The first-order valence-electron chi connectivity index (χ1n) is 7.62. The van der Waals surface area contributed by atoms with Crippen molar-refractivity contribution < 1.29 is 9.18 Å². The summed E-state index contributed by atoms with van der Waals surface area (Å²) in [6.07, 6.45) is 5.56. The molecule has 2 aliphatic rings. The zero-order valence-electron chi connectivity index (χ0n) is 12.3. The number of nitrogens with two attached hydrogens (primary N) is 1. The Bertz CT molecular complexity index is 534. The average Bonchev–Trinajstić information content (AvgIpc) is 2.39. The molecule has 21 heavy (non-hydrogen) atoms. The van der Waals surface area contributed by atoms with Crippen molar-refractivity contribution in [3.63, 3.8) is 0 Å². The molecule has 5 heteroatoms. The van der Waals surface area contributed by atoms with E-state index in [-0.39, 0.29) is 17.5 Å². The number of nitrogen functional groups attached to an aromatic ring is 1. The molecule has 3 N–H and O–H groups in total. The highest BCUT2D eigenvalue weighted by Gasteiger charge is 2.36. The fourth-order valence-electron chi connectivity index (χ4n) is 3.71. The third-order valence-corrected chi connectivity index (χ3v) is 4.91. The number of hydrogen-bond acceptors (Lipinski definition) is 3. The van der Waals surface area contributed by atoms with Crippen LogP contribution < -0.4 is 11.1 Å². The van der Waals surface area contributed by atoms with E-state index >= 15 is 0 Å². The minimum absolute atomic E-state index is 0.0771. The maximum Gasteiger partial charge on any atom is 0.254 e. The summed E-state index contributed by atoms with van der Waals surface area (Å²) in [6.45, 7) is 0. The standard InChI is InChI=1S/C16H22FN3O/c1-20-12-3-2-4-13(20)9-11(8-12)19-16(21)14-6-5-10(18)7-15(14)17/h5-7,11-13H,2-4,8-9,18H2,1H3,(H,19,21). The number of nitrogens with zero attached hydrogens (tertiary/aromatic N) is 1. The Hall–Kier alpha value is -1.62. The van der Waals surface area contributed by atoms with E-state index in [2.05, 4.69) is 17.3 Å². The van der Waals surface area contributed by atoms with Crippen LogP contribution in [0.15, 0.2) is 18.2 Å². The summed E-state index contributed by atoms with van der Waals surface area (Å²) >= 11 is 0. The largest absolute Gasteiger partial charge is 0.399 e. The first-order valence-corrected chi connectivity index (χ1v) is 7.62. The predicted octanol–water partition coefficient (Wildman–Crippen LogP) is 2.15. The summed E-state index contributed by atoms with van der Waals surface area (Å²) in [5.41, 5.74) is 5.92. The van der Waals surface area contributed by atoms with Crippen LogP contribution in [-0.2, 0) is 0 Å². The van der Waals surface area contributed by atoms with Gasteiger partial charge in [-0.2, -0.15) is 0 Å². The lowest BCUT2D eigenvalue weighted by molar-refractivity contribution is 0.0462. The molecule has 1 aromatic carbocycles. The van der Waals surface area contributed by atoms with E-state index < -0.39 is 5.82 Å². The van der Waals surface area contributed by atoms with Crippen molar-refractivity contribution in [2.45, 2.75) is 50.2 Å². The number of fused-ring (bicyclic) bond motifs is 2. The number of halogens is 1. The molecule has 0 aromatic heterocycles. The van der Waals surface area contributed by atoms with E-state index in [4.69, 9.17) is 5.73 Å². The van der Waals surface area contributed by atoms with Gasteiger partial charge in [-0.25, -0.2) is 4.39 Å². The van der Waals surface area contributed by atoms with Crippen molar-refractivity contribution in [3.05, 3.63) is 29.6 Å². The van der Waals surface area contributed by atoms with E-state index in [1.54, 1.807) is 6.07 Å². The molecule has 0 aliphatic carbocycles. The lowest BCUT2D eigenvalue weighted by Gasteiger charge is -2.47. The molecule has 1 aromatic rings. The molecular formula is C16H22FN3O. The smallest absolute Gasteiger partial charge is 0.254 e. The number of amides is 1. The van der Waals surface area contributed by atoms with Gasteiger partial charge in [-0.05, 0) is 50.9 Å². The molecular weight excluding hydrogens is 269 g/mol. The van der Waals surface area contributed by atoms with Crippen molar-refractivity contribution in [2.75, 3.05) is 12.8 Å². The van der Waals surface area contributed by atoms with Crippen molar-refractivity contribution in [3.8, 4) is 0 Å². The number of benzene rings is 1. The number of anilines is 1. The van der Waals surface area contributed by atoms with Crippen molar-refractivity contribution in [1.29, 1.82) is 0 Å². The van der Waals surface area contributed by atoms with Crippen LogP contribution in [0.1, 0.15) is 42.5 Å². The Morgan fingerprint density at radius 2 is 2.00 bits per heavy atom. The Balaban J connectivity index is 1.68. The molecule has 2 fully saturated rings. The second kappa shape index (κ2) is 5.64. The third kappa shape index (κ3) is 2.88. The number of nitrogens with one attached hydrogen (secondary N) is 1. The van der Waals surface area contributed by atoms with Gasteiger partial charge in [0.05, 0.1) is 5.56 Å². The topological polar surface area (TPSA) is 58.4 Å². The molecule has 2 aliphatic heterocycles. The van der Waals surface area contributed by atoms with Crippen molar-refractivity contribution >= 4 is 11.6 Å². The van der Waals surface area contributed by atoms with Gasteiger partial charge >= 0.3 is 0 Å². The first-order chi connectivity index (χ1) is 10.0. The van der Waals surface area contributed by atoms with Gasteiger partial charge in [0.2, 0.25) is 0 Å². The van der Waals surface area contributed by atoms with Gasteiger partial charge < -0.3 is 16.0 Å². The van der Waals surface area contributed by atoms with Gasteiger partial charge in [0.15, 0.2) is 0 Å². The minimum atomic E-state index is -0.555. The Labute approximate surface area is 124 Å². The van der Waals surface area contributed by atoms with E-state index in [9.17, 15) is 9.18 Å². The van der Waals surface area contributed by atoms with Gasteiger partial charge in [0.1, 0.15) is 5.82 Å². The quantitative estimate of drug-likeness (QED) is 0.821. The van der Waals surface area contributed by atoms with E-state index in [0.29, 0.717) is 17.8 Å². The van der Waals surface area contributed by atoms with Gasteiger partial charge in [0, 0.05) is 23.8 Å². The van der Waals surface area contributed by atoms with E-state index in [0.717, 1.165) is 12.8 Å². The Morgan fingerprint density at radius 3 is 2.62 bits per heavy atom. The van der Waals surface area contributed by atoms with Gasteiger partial charge in [-0.15, -0.1) is 0 Å². The number of rotatable bonds is 2. The predicted molar refractivity (Wildman–Crippen MR) is 80.5 cm³/mol. The molecule has 2 unspecified atom stereocenters. The van der Waals surface area contributed by atoms with E-state index in [1.165, 1.54) is 31.4 Å². The number of carbonyl (C=O) groups excluding carboxylic acids is 1. The highest BCUT2D eigenvalue weighted by atomic mass is 19.1. The van der Waals surface area contributed by atoms with Crippen LogP contribution >= 0.6 is 0 Å². The van der Waals surface area contributed by atoms with Crippen LogP contribution in [0, 0.1) is 5.82 Å². The molecule has 2 saturated heterocycles. The van der Waals surface area contributed by atoms with Gasteiger partial charge in [-0.1, -0.05) is 6.42 Å². The molecule has 0 saturated carbocycles. The lowest BCUT2D eigenvalue weighted by Crippen LogP contribution is -2.55. The monoisotopic (exact) mass is 291 g/mol. The minimum Gasteiger partial charge on any atom is -0.399 e. The molecule has 0 spiro atoms. The highest BCUT2D eigenvalue weighted by Crippen LogP contribution is 2.32. The van der Waals surface area contributed by atoms with Crippen molar-refractivity contribution in [2.24, 2.45) is 0 Å². The molecule has 4 nitrogen and oxygen atoms in total. The number of carbonyl (C=O) groups is 1. The van der Waals surface area contributed by atoms with Crippen LogP contribution in [0.5, 0.6) is 0 Å². The second-order valence-corrected chi connectivity index (χ2v) is 6.29. The summed E-state index contributed by atoms with van der Waals surface area (Å²) < 4.78 is 13.8. The van der Waals surface area contributed by atoms with Crippen LogP contribution in [0.3, 0.4) is 0 Å². The molecule has 2 heterocycles. The fourth-order valence-corrected chi connectivity index (χ4v) is 3.71. The van der Waals surface area contributed by atoms with Crippen LogP contribution in [-0.4, -0.2) is 36.0 Å². The zero-order valence-corrected chi connectivity index (χ0v) is 12.3. The fraction of sp³-hybridized carbons (Fsp3) is 0.562. The number of piperidine rings is 2. The maximum absolute atomic E-state index is 13.8. The Kier molecular flexibility index (Phi) is 3.85. The summed E-state index contributed by atoms with van der Waals surface area (Å²) in [7, 11) is 2.17. The molecule has 1 amide bonds. The summed E-state index contributed by atoms with van der Waals surface area (Å²) in [4.78, 5) is 14.7. The van der Waals surface area contributed by atoms with Gasteiger partial charge in [-0.3, -0.25) is 4.79 Å². The lowest BCUT2D eigenvalue weighted by atomic mass is 9.82. The molecule has 114 valence electrons. The first kappa shape index (κ1) is 14.3. The van der Waals surface area contributed by atoms with Gasteiger partial charge in [0.25, 0.3) is 5.91 Å². The maximum atomic E-state index is 13.8. The molecule has 2 bridgehead atoms. The molecule has 2 atom stereocenters. The summed E-state index contributed by atoms with van der Waals surface area (Å²) in [5.74, 6) is -0.888. The zero-order chi connectivity index (χ0) is 15.0. The normalized spacial score (nSPS) is 29.1. The second-order valence-electron chi connectivity index (χ2n) is 6.29. The van der Waals surface area contributed by atoms with Crippen LogP contribution in [0.2, 0.25) is 0 Å².